The maximum absolute atomic E-state index is 14.2. The molecule has 0 radical (unpaired) electrons. The van der Waals surface area contributed by atoms with Crippen LogP contribution in [0.1, 0.15) is 41.3 Å². The standard InChI is InChI=1S/C18H19FN6O/c1-11-9-15(22-21-11)18(26)20-14-10-12(6-7-13(14)19)17-24-23-16-5-3-2-4-8-25(16)17/h6-7,9-10H,2-5,8H2,1H3,(H,20,26)(H,21,22). The molecule has 1 aliphatic rings. The molecule has 0 fully saturated rings. The van der Waals surface area contributed by atoms with Gasteiger partial charge in [-0.3, -0.25) is 9.89 Å². The summed E-state index contributed by atoms with van der Waals surface area (Å²) in [4.78, 5) is 12.3. The van der Waals surface area contributed by atoms with Crippen molar-refractivity contribution in [2.24, 2.45) is 0 Å². The fraction of sp³-hybridized carbons (Fsp3) is 0.333. The van der Waals surface area contributed by atoms with Crippen LogP contribution >= 0.6 is 0 Å². The van der Waals surface area contributed by atoms with Gasteiger partial charge < -0.3 is 9.88 Å². The number of aromatic nitrogens is 5. The Morgan fingerprint density at radius 1 is 1.23 bits per heavy atom. The summed E-state index contributed by atoms with van der Waals surface area (Å²) in [5.74, 6) is 0.683. The van der Waals surface area contributed by atoms with Crippen molar-refractivity contribution in [3.05, 3.63) is 47.3 Å². The molecule has 134 valence electrons. The third kappa shape index (κ3) is 3.10. The molecule has 1 aliphatic heterocycles. The minimum Gasteiger partial charge on any atom is -0.318 e. The number of amides is 1. The van der Waals surface area contributed by atoms with Crippen molar-refractivity contribution in [2.45, 2.75) is 39.2 Å². The van der Waals surface area contributed by atoms with E-state index >= 15 is 0 Å². The zero-order chi connectivity index (χ0) is 18.1. The molecule has 4 rings (SSSR count). The number of aromatic amines is 1. The molecular formula is C18H19FN6O. The van der Waals surface area contributed by atoms with Crippen LogP contribution in [-0.4, -0.2) is 30.9 Å². The molecule has 3 heterocycles. The number of carbonyl (C=O) groups excluding carboxylic acids is 1. The highest BCUT2D eigenvalue weighted by atomic mass is 19.1. The van der Waals surface area contributed by atoms with Crippen LogP contribution in [0.5, 0.6) is 0 Å². The van der Waals surface area contributed by atoms with Crippen molar-refractivity contribution in [1.82, 2.24) is 25.0 Å². The van der Waals surface area contributed by atoms with Gasteiger partial charge >= 0.3 is 0 Å². The van der Waals surface area contributed by atoms with E-state index in [-0.39, 0.29) is 11.4 Å². The summed E-state index contributed by atoms with van der Waals surface area (Å²) in [6.45, 7) is 2.64. The summed E-state index contributed by atoms with van der Waals surface area (Å²) in [6.07, 6.45) is 4.24. The lowest BCUT2D eigenvalue weighted by molar-refractivity contribution is 0.102. The Bertz CT molecular complexity index is 960. The van der Waals surface area contributed by atoms with Gasteiger partial charge in [-0.25, -0.2) is 4.39 Å². The van der Waals surface area contributed by atoms with E-state index < -0.39 is 11.7 Å². The molecule has 0 aliphatic carbocycles. The monoisotopic (exact) mass is 354 g/mol. The lowest BCUT2D eigenvalue weighted by atomic mass is 10.1. The van der Waals surface area contributed by atoms with E-state index in [1.807, 2.05) is 0 Å². The Labute approximate surface area is 149 Å². The minimum atomic E-state index is -0.509. The van der Waals surface area contributed by atoms with Gasteiger partial charge in [0.2, 0.25) is 0 Å². The van der Waals surface area contributed by atoms with E-state index in [1.54, 1.807) is 25.1 Å². The summed E-state index contributed by atoms with van der Waals surface area (Å²) in [7, 11) is 0. The van der Waals surface area contributed by atoms with E-state index in [0.717, 1.165) is 49.3 Å². The van der Waals surface area contributed by atoms with Gasteiger partial charge in [0.25, 0.3) is 5.91 Å². The molecule has 0 saturated carbocycles. The molecule has 3 aromatic rings. The number of fused-ring (bicyclic) bond motifs is 1. The third-order valence-corrected chi connectivity index (χ3v) is 4.52. The summed E-state index contributed by atoms with van der Waals surface area (Å²) in [6, 6.07) is 6.19. The van der Waals surface area contributed by atoms with Crippen LogP contribution in [0.2, 0.25) is 0 Å². The van der Waals surface area contributed by atoms with Crippen molar-refractivity contribution in [3.8, 4) is 11.4 Å². The first-order valence-electron chi connectivity index (χ1n) is 8.67. The van der Waals surface area contributed by atoms with E-state index in [4.69, 9.17) is 0 Å². The molecular weight excluding hydrogens is 335 g/mol. The lowest BCUT2D eigenvalue weighted by Gasteiger charge is -2.10. The summed E-state index contributed by atoms with van der Waals surface area (Å²) < 4.78 is 16.3. The van der Waals surface area contributed by atoms with Crippen molar-refractivity contribution >= 4 is 11.6 Å². The quantitative estimate of drug-likeness (QED) is 0.756. The van der Waals surface area contributed by atoms with E-state index in [1.165, 1.54) is 6.07 Å². The smallest absolute Gasteiger partial charge is 0.276 e. The predicted molar refractivity (Wildman–Crippen MR) is 94.2 cm³/mol. The normalized spacial score (nSPS) is 13.9. The fourth-order valence-corrected chi connectivity index (χ4v) is 3.18. The van der Waals surface area contributed by atoms with Crippen molar-refractivity contribution in [1.29, 1.82) is 0 Å². The highest BCUT2D eigenvalue weighted by molar-refractivity contribution is 6.03. The van der Waals surface area contributed by atoms with Gasteiger partial charge in [-0.1, -0.05) is 6.42 Å². The van der Waals surface area contributed by atoms with Crippen molar-refractivity contribution in [3.63, 3.8) is 0 Å². The molecule has 0 spiro atoms. The number of H-pyrrole nitrogens is 1. The number of benzene rings is 1. The second-order valence-electron chi connectivity index (χ2n) is 6.49. The zero-order valence-corrected chi connectivity index (χ0v) is 14.4. The van der Waals surface area contributed by atoms with Crippen molar-refractivity contribution < 1.29 is 9.18 Å². The Kier molecular flexibility index (Phi) is 4.24. The van der Waals surface area contributed by atoms with Gasteiger partial charge in [-0.2, -0.15) is 5.10 Å². The van der Waals surface area contributed by atoms with E-state index in [9.17, 15) is 9.18 Å². The van der Waals surface area contributed by atoms with Crippen LogP contribution in [-0.2, 0) is 13.0 Å². The Balaban J connectivity index is 1.64. The molecule has 26 heavy (non-hydrogen) atoms. The molecule has 1 amide bonds. The molecule has 7 nitrogen and oxygen atoms in total. The van der Waals surface area contributed by atoms with Gasteiger partial charge in [0.1, 0.15) is 11.6 Å². The first-order valence-corrected chi connectivity index (χ1v) is 8.67. The topological polar surface area (TPSA) is 88.5 Å². The number of hydrogen-bond acceptors (Lipinski definition) is 4. The Morgan fingerprint density at radius 3 is 2.92 bits per heavy atom. The number of nitrogens with zero attached hydrogens (tertiary/aromatic N) is 4. The molecule has 8 heteroatoms. The minimum absolute atomic E-state index is 0.0964. The Morgan fingerprint density at radius 2 is 2.12 bits per heavy atom. The molecule has 2 aromatic heterocycles. The number of nitrogens with one attached hydrogen (secondary N) is 2. The molecule has 0 atom stereocenters. The second-order valence-corrected chi connectivity index (χ2v) is 6.49. The van der Waals surface area contributed by atoms with Crippen molar-refractivity contribution in [2.75, 3.05) is 5.32 Å². The highest BCUT2D eigenvalue weighted by Gasteiger charge is 2.18. The van der Waals surface area contributed by atoms with Crippen LogP contribution in [0.15, 0.2) is 24.3 Å². The van der Waals surface area contributed by atoms with Gasteiger partial charge in [-0.15, -0.1) is 10.2 Å². The highest BCUT2D eigenvalue weighted by Crippen LogP contribution is 2.26. The van der Waals surface area contributed by atoms with Crippen LogP contribution in [0.25, 0.3) is 11.4 Å². The number of rotatable bonds is 3. The maximum atomic E-state index is 14.2. The molecule has 2 N–H and O–H groups in total. The average molecular weight is 354 g/mol. The zero-order valence-electron chi connectivity index (χ0n) is 14.4. The van der Waals surface area contributed by atoms with Crippen LogP contribution in [0, 0.1) is 12.7 Å². The first kappa shape index (κ1) is 16.4. The fourth-order valence-electron chi connectivity index (χ4n) is 3.18. The molecule has 0 unspecified atom stereocenters. The van der Waals surface area contributed by atoms with Crippen LogP contribution in [0.3, 0.4) is 0 Å². The largest absolute Gasteiger partial charge is 0.318 e. The summed E-state index contributed by atoms with van der Waals surface area (Å²) in [5, 5.41) is 17.7. The third-order valence-electron chi connectivity index (χ3n) is 4.52. The first-order chi connectivity index (χ1) is 12.6. The van der Waals surface area contributed by atoms with Gasteiger partial charge in [0, 0.05) is 24.2 Å². The van der Waals surface area contributed by atoms with Gasteiger partial charge in [-0.05, 0) is 44.0 Å². The lowest BCUT2D eigenvalue weighted by Crippen LogP contribution is -2.13. The predicted octanol–water partition coefficient (Wildman–Crippen LogP) is 3.09. The van der Waals surface area contributed by atoms with E-state index in [2.05, 4.69) is 30.3 Å². The summed E-state index contributed by atoms with van der Waals surface area (Å²) >= 11 is 0. The second kappa shape index (κ2) is 6.70. The van der Waals surface area contributed by atoms with Crippen LogP contribution in [0.4, 0.5) is 10.1 Å². The molecule has 0 saturated heterocycles. The number of carbonyl (C=O) groups is 1. The summed E-state index contributed by atoms with van der Waals surface area (Å²) in [5.41, 5.74) is 1.79. The molecule has 1 aromatic carbocycles. The number of anilines is 1. The number of halogens is 1. The van der Waals surface area contributed by atoms with E-state index in [0.29, 0.717) is 5.82 Å². The number of aryl methyl sites for hydroxylation is 2. The van der Waals surface area contributed by atoms with Crippen LogP contribution < -0.4 is 5.32 Å². The maximum Gasteiger partial charge on any atom is 0.276 e. The SMILES string of the molecule is Cc1cc(C(=O)Nc2cc(-c3nnc4n3CCCCC4)ccc2F)n[nH]1. The number of hydrogen-bond donors (Lipinski definition) is 2. The average Bonchev–Trinajstić information content (AvgIpc) is 3.17. The van der Waals surface area contributed by atoms with Gasteiger partial charge in [0.15, 0.2) is 11.5 Å². The Hall–Kier alpha value is -3.03. The molecule has 0 bridgehead atoms. The van der Waals surface area contributed by atoms with Gasteiger partial charge in [0.05, 0.1) is 5.69 Å².